The maximum Gasteiger partial charge on any atom is 0.269 e. The fraction of sp³-hybridized carbons (Fsp3) is 0.115. The van der Waals surface area contributed by atoms with Crippen LogP contribution in [0.5, 0.6) is 0 Å². The molecular weight excluding hydrogens is 418 g/mol. The summed E-state index contributed by atoms with van der Waals surface area (Å²) in [4.78, 5) is 27.9. The lowest BCUT2D eigenvalue weighted by molar-refractivity contribution is -0.117. The number of para-hydroxylation sites is 2. The normalized spacial score (nSPS) is 17.1. The minimum Gasteiger partial charge on any atom is -0.321 e. The SMILES string of the molecule is Cc1ccc(C[C@@H]2S/C(=C(\C#N)C(=O)Nc3ccccc3)N(c3ccccc3)C2=O)cc1. The maximum atomic E-state index is 13.4. The first-order valence-corrected chi connectivity index (χ1v) is 11.1. The van der Waals surface area contributed by atoms with Crippen LogP contribution in [0.1, 0.15) is 11.1 Å². The number of hydrogen-bond acceptors (Lipinski definition) is 4. The van der Waals surface area contributed by atoms with E-state index < -0.39 is 11.2 Å². The molecule has 6 heteroatoms. The van der Waals surface area contributed by atoms with E-state index in [-0.39, 0.29) is 11.5 Å². The van der Waals surface area contributed by atoms with Crippen molar-refractivity contribution in [3.63, 3.8) is 0 Å². The van der Waals surface area contributed by atoms with Gasteiger partial charge in [0.15, 0.2) is 0 Å². The number of thioether (sulfide) groups is 1. The molecular formula is C26H21N3O2S. The molecule has 32 heavy (non-hydrogen) atoms. The van der Waals surface area contributed by atoms with Crippen LogP contribution < -0.4 is 10.2 Å². The van der Waals surface area contributed by atoms with Gasteiger partial charge in [0.2, 0.25) is 5.91 Å². The van der Waals surface area contributed by atoms with E-state index in [1.54, 1.807) is 36.4 Å². The quantitative estimate of drug-likeness (QED) is 0.445. The number of amides is 2. The Bertz CT molecular complexity index is 1200. The summed E-state index contributed by atoms with van der Waals surface area (Å²) in [5, 5.41) is 12.6. The number of nitrogens with zero attached hydrogens (tertiary/aromatic N) is 2. The van der Waals surface area contributed by atoms with Crippen LogP contribution in [0.2, 0.25) is 0 Å². The van der Waals surface area contributed by atoms with E-state index in [1.807, 2.05) is 61.5 Å². The Labute approximate surface area is 191 Å². The van der Waals surface area contributed by atoms with Gasteiger partial charge in [0.1, 0.15) is 16.7 Å². The third-order valence-corrected chi connectivity index (χ3v) is 6.36. The van der Waals surface area contributed by atoms with Crippen LogP contribution in [-0.4, -0.2) is 17.1 Å². The molecule has 0 aromatic heterocycles. The second-order valence-electron chi connectivity index (χ2n) is 7.42. The standard InChI is InChI=1S/C26H21N3O2S/c1-18-12-14-19(15-13-18)16-23-25(31)29(21-10-6-3-7-11-21)26(32-23)22(17-27)24(30)28-20-8-4-2-5-9-20/h2-15,23H,16H2,1H3,(H,28,30)/b26-22+/t23-/m0/s1. The van der Waals surface area contributed by atoms with Gasteiger partial charge < -0.3 is 5.32 Å². The minimum atomic E-state index is -0.536. The predicted octanol–water partition coefficient (Wildman–Crippen LogP) is 5.06. The highest BCUT2D eigenvalue weighted by atomic mass is 32.2. The first kappa shape index (κ1) is 21.4. The molecule has 3 aromatic rings. The number of rotatable bonds is 5. The van der Waals surface area contributed by atoms with Crippen molar-refractivity contribution in [1.29, 1.82) is 5.26 Å². The first-order valence-electron chi connectivity index (χ1n) is 10.2. The van der Waals surface area contributed by atoms with Gasteiger partial charge in [0.25, 0.3) is 5.91 Å². The van der Waals surface area contributed by atoms with Gasteiger partial charge in [-0.1, -0.05) is 78.0 Å². The monoisotopic (exact) mass is 439 g/mol. The van der Waals surface area contributed by atoms with E-state index in [4.69, 9.17) is 0 Å². The lowest BCUT2D eigenvalue weighted by atomic mass is 10.1. The summed E-state index contributed by atoms with van der Waals surface area (Å²) in [7, 11) is 0. The summed E-state index contributed by atoms with van der Waals surface area (Å²) in [5.41, 5.74) is 3.31. The van der Waals surface area contributed by atoms with Gasteiger partial charge in [0, 0.05) is 11.4 Å². The van der Waals surface area contributed by atoms with Crippen LogP contribution in [-0.2, 0) is 16.0 Å². The molecule has 2 amide bonds. The van der Waals surface area contributed by atoms with Gasteiger partial charge in [-0.15, -0.1) is 0 Å². The number of anilines is 2. The fourth-order valence-electron chi connectivity index (χ4n) is 3.45. The molecule has 0 radical (unpaired) electrons. The zero-order valence-corrected chi connectivity index (χ0v) is 18.3. The molecule has 5 nitrogen and oxygen atoms in total. The average Bonchev–Trinajstić information content (AvgIpc) is 3.12. The van der Waals surface area contributed by atoms with Crippen molar-refractivity contribution < 1.29 is 9.59 Å². The molecule has 4 rings (SSSR count). The summed E-state index contributed by atoms with van der Waals surface area (Å²) < 4.78 is 0. The Morgan fingerprint density at radius 2 is 1.62 bits per heavy atom. The first-order chi connectivity index (χ1) is 15.6. The lowest BCUT2D eigenvalue weighted by Gasteiger charge is -2.18. The van der Waals surface area contributed by atoms with Crippen molar-refractivity contribution >= 4 is 35.0 Å². The number of hydrogen-bond donors (Lipinski definition) is 1. The van der Waals surface area contributed by atoms with Gasteiger partial charge in [-0.2, -0.15) is 5.26 Å². The molecule has 1 aliphatic rings. The second kappa shape index (κ2) is 9.54. The van der Waals surface area contributed by atoms with Crippen molar-refractivity contribution in [2.24, 2.45) is 0 Å². The maximum absolute atomic E-state index is 13.4. The van der Waals surface area contributed by atoms with Crippen LogP contribution in [0.25, 0.3) is 0 Å². The summed E-state index contributed by atoms with van der Waals surface area (Å²) in [6.45, 7) is 2.02. The molecule has 1 atom stereocenters. The van der Waals surface area contributed by atoms with Crippen LogP contribution >= 0.6 is 11.8 Å². The number of carbonyl (C=O) groups excluding carboxylic acids is 2. The summed E-state index contributed by atoms with van der Waals surface area (Å²) >= 11 is 1.26. The molecule has 0 aliphatic carbocycles. The third-order valence-electron chi connectivity index (χ3n) is 5.09. The molecule has 158 valence electrons. The number of nitriles is 1. The summed E-state index contributed by atoms with van der Waals surface area (Å²) in [5.74, 6) is -0.678. The van der Waals surface area contributed by atoms with Crippen LogP contribution in [0, 0.1) is 18.3 Å². The predicted molar refractivity (Wildman–Crippen MR) is 128 cm³/mol. The van der Waals surface area contributed by atoms with Crippen molar-refractivity contribution in [1.82, 2.24) is 0 Å². The molecule has 3 aromatic carbocycles. The van der Waals surface area contributed by atoms with Crippen molar-refractivity contribution in [2.45, 2.75) is 18.6 Å². The van der Waals surface area contributed by atoms with E-state index in [1.165, 1.54) is 16.7 Å². The topological polar surface area (TPSA) is 73.2 Å². The molecule has 0 saturated carbocycles. The second-order valence-corrected chi connectivity index (χ2v) is 8.61. The molecule has 0 spiro atoms. The van der Waals surface area contributed by atoms with Crippen molar-refractivity contribution in [3.05, 3.63) is 107 Å². The van der Waals surface area contributed by atoms with Gasteiger partial charge in [-0.05, 0) is 43.2 Å². The average molecular weight is 440 g/mol. The summed E-state index contributed by atoms with van der Waals surface area (Å²) in [6.07, 6.45) is 0.510. The van der Waals surface area contributed by atoms with Crippen LogP contribution in [0.15, 0.2) is 95.5 Å². The smallest absolute Gasteiger partial charge is 0.269 e. The highest BCUT2D eigenvalue weighted by Gasteiger charge is 2.40. The van der Waals surface area contributed by atoms with Gasteiger partial charge in [-0.25, -0.2) is 0 Å². The Morgan fingerprint density at radius 3 is 2.25 bits per heavy atom. The number of benzene rings is 3. The fourth-order valence-corrected chi connectivity index (χ4v) is 4.76. The Kier molecular flexibility index (Phi) is 6.39. The Balaban J connectivity index is 1.71. The van der Waals surface area contributed by atoms with E-state index >= 15 is 0 Å². The molecule has 1 fully saturated rings. The van der Waals surface area contributed by atoms with Gasteiger partial charge in [0.05, 0.1) is 5.25 Å². The Hall–Kier alpha value is -3.82. The molecule has 1 saturated heterocycles. The van der Waals surface area contributed by atoms with Gasteiger partial charge in [-0.3, -0.25) is 14.5 Å². The van der Waals surface area contributed by atoms with Crippen LogP contribution in [0.3, 0.4) is 0 Å². The zero-order valence-electron chi connectivity index (χ0n) is 17.5. The number of carbonyl (C=O) groups is 2. The number of nitrogens with one attached hydrogen (secondary N) is 1. The highest BCUT2D eigenvalue weighted by molar-refractivity contribution is 8.05. The van der Waals surface area contributed by atoms with E-state index in [0.29, 0.717) is 22.8 Å². The molecule has 0 bridgehead atoms. The van der Waals surface area contributed by atoms with E-state index in [2.05, 4.69) is 5.32 Å². The largest absolute Gasteiger partial charge is 0.321 e. The molecule has 0 unspecified atom stereocenters. The molecule has 1 aliphatic heterocycles. The molecule has 1 N–H and O–H groups in total. The van der Waals surface area contributed by atoms with Gasteiger partial charge >= 0.3 is 0 Å². The van der Waals surface area contributed by atoms with Crippen LogP contribution in [0.4, 0.5) is 11.4 Å². The van der Waals surface area contributed by atoms with Crippen molar-refractivity contribution in [3.8, 4) is 6.07 Å². The number of aryl methyl sites for hydroxylation is 1. The molecule has 1 heterocycles. The summed E-state index contributed by atoms with van der Waals surface area (Å²) in [6, 6.07) is 28.1. The van der Waals surface area contributed by atoms with Crippen molar-refractivity contribution in [2.75, 3.05) is 10.2 Å². The lowest BCUT2D eigenvalue weighted by Crippen LogP contribution is -2.30. The van der Waals surface area contributed by atoms with E-state index in [0.717, 1.165) is 11.1 Å². The third kappa shape index (κ3) is 4.58. The zero-order chi connectivity index (χ0) is 22.5. The van der Waals surface area contributed by atoms with E-state index in [9.17, 15) is 14.9 Å². The minimum absolute atomic E-state index is 0.0811. The highest BCUT2D eigenvalue weighted by Crippen LogP contribution is 2.42. The Morgan fingerprint density at radius 1 is 1.00 bits per heavy atom.